The van der Waals surface area contributed by atoms with Gasteiger partial charge in [-0.15, -0.1) is 0 Å². The zero-order chi connectivity index (χ0) is 40.7. The van der Waals surface area contributed by atoms with Crippen LogP contribution in [0.15, 0.2) is 223 Å². The molecule has 0 bridgehead atoms. The Kier molecular flexibility index (Phi) is 7.70. The van der Waals surface area contributed by atoms with Crippen LogP contribution >= 0.6 is 0 Å². The maximum atomic E-state index is 5.28. The van der Waals surface area contributed by atoms with Crippen molar-refractivity contribution in [2.45, 2.75) is 6.04 Å². The van der Waals surface area contributed by atoms with Gasteiger partial charge in [-0.1, -0.05) is 188 Å². The lowest BCUT2D eigenvalue weighted by atomic mass is 9.88. The van der Waals surface area contributed by atoms with Crippen LogP contribution in [-0.4, -0.2) is 5.84 Å². The van der Waals surface area contributed by atoms with Crippen molar-refractivity contribution in [1.82, 2.24) is 5.32 Å². The Hall–Kier alpha value is -8.07. The maximum Gasteiger partial charge on any atom is 0.134 e. The third-order valence-corrected chi connectivity index (χ3v) is 13.2. The summed E-state index contributed by atoms with van der Waals surface area (Å²) in [7, 11) is 0. The first-order valence-corrected chi connectivity index (χ1v) is 21.5. The number of hydrogen-bond acceptors (Lipinski definition) is 2. The van der Waals surface area contributed by atoms with Crippen molar-refractivity contribution < 1.29 is 0 Å². The molecule has 62 heavy (non-hydrogen) atoms. The summed E-state index contributed by atoms with van der Waals surface area (Å²) in [5, 5.41) is 9.02. The number of fused-ring (bicyclic) bond motifs is 6. The molecule has 2 heteroatoms. The summed E-state index contributed by atoms with van der Waals surface area (Å²) in [6.45, 7) is 0. The molecule has 10 aromatic carbocycles. The van der Waals surface area contributed by atoms with Crippen molar-refractivity contribution >= 4 is 33.1 Å². The molecular weight excluding hydrogens is 749 g/mol. The normalized spacial score (nSPS) is 14.3. The van der Waals surface area contributed by atoms with Crippen LogP contribution in [0.2, 0.25) is 0 Å². The third-order valence-electron chi connectivity index (χ3n) is 13.2. The first kappa shape index (κ1) is 34.8. The van der Waals surface area contributed by atoms with E-state index in [1.165, 1.54) is 93.9 Å². The highest BCUT2D eigenvalue weighted by molar-refractivity contribution is 6.20. The first-order valence-electron chi connectivity index (χ1n) is 21.5. The molecule has 1 N–H and O–H groups in total. The van der Waals surface area contributed by atoms with E-state index in [1.54, 1.807) is 0 Å². The van der Waals surface area contributed by atoms with Crippen LogP contribution < -0.4 is 5.32 Å². The van der Waals surface area contributed by atoms with Gasteiger partial charge in [0.2, 0.25) is 0 Å². The van der Waals surface area contributed by atoms with Crippen LogP contribution in [-0.2, 0) is 0 Å². The lowest BCUT2D eigenvalue weighted by Crippen LogP contribution is -2.31. The Bertz CT molecular complexity index is 3330. The number of hydrogen-bond donors (Lipinski definition) is 1. The van der Waals surface area contributed by atoms with Gasteiger partial charge in [0.25, 0.3) is 0 Å². The van der Waals surface area contributed by atoms with E-state index in [1.807, 2.05) is 0 Å². The minimum absolute atomic E-state index is 0.0256. The average molecular weight is 787 g/mol. The molecular formula is C60H38N2. The van der Waals surface area contributed by atoms with E-state index >= 15 is 0 Å². The Morgan fingerprint density at radius 1 is 0.306 bits per heavy atom. The van der Waals surface area contributed by atoms with E-state index in [-0.39, 0.29) is 6.04 Å². The van der Waals surface area contributed by atoms with E-state index in [0.717, 1.165) is 33.8 Å². The maximum absolute atomic E-state index is 5.28. The molecule has 10 aromatic rings. The Morgan fingerprint density at radius 2 is 0.726 bits per heavy atom. The van der Waals surface area contributed by atoms with Crippen molar-refractivity contribution in [3.63, 3.8) is 0 Å². The Morgan fingerprint density at radius 3 is 1.31 bits per heavy atom. The molecule has 0 saturated carbocycles. The molecule has 0 fully saturated rings. The van der Waals surface area contributed by atoms with Gasteiger partial charge in [0, 0.05) is 5.56 Å². The van der Waals surface area contributed by atoms with Gasteiger partial charge in [0.05, 0.1) is 11.7 Å². The van der Waals surface area contributed by atoms with E-state index in [4.69, 9.17) is 4.99 Å². The van der Waals surface area contributed by atoms with E-state index in [0.29, 0.717) is 0 Å². The predicted octanol–water partition coefficient (Wildman–Crippen LogP) is 15.4. The van der Waals surface area contributed by atoms with Gasteiger partial charge >= 0.3 is 0 Å². The largest absolute Gasteiger partial charge is 0.359 e. The molecule has 13 rings (SSSR count). The molecule has 1 heterocycles. The number of nitrogens with one attached hydrogen (secondary N) is 1. The molecule has 1 atom stereocenters. The molecule has 1 aliphatic heterocycles. The highest BCUT2D eigenvalue weighted by atomic mass is 15.0. The predicted molar refractivity (Wildman–Crippen MR) is 260 cm³/mol. The van der Waals surface area contributed by atoms with Crippen LogP contribution in [0.25, 0.3) is 105 Å². The van der Waals surface area contributed by atoms with E-state index in [9.17, 15) is 0 Å². The fourth-order valence-corrected chi connectivity index (χ4v) is 10.4. The molecule has 0 radical (unpaired) electrons. The van der Waals surface area contributed by atoms with Crippen LogP contribution in [0.3, 0.4) is 0 Å². The van der Waals surface area contributed by atoms with Crippen LogP contribution in [0.1, 0.15) is 22.7 Å². The summed E-state index contributed by atoms with van der Waals surface area (Å²) < 4.78 is 0. The number of amidine groups is 1. The minimum Gasteiger partial charge on any atom is -0.359 e. The number of rotatable bonds is 6. The van der Waals surface area contributed by atoms with Crippen molar-refractivity contribution in [3.05, 3.63) is 235 Å². The quantitative estimate of drug-likeness (QED) is 0.178. The molecule has 3 aliphatic rings. The lowest BCUT2D eigenvalue weighted by molar-refractivity contribution is 0.781. The number of benzene rings is 10. The lowest BCUT2D eigenvalue weighted by Gasteiger charge is -2.24. The smallest absolute Gasteiger partial charge is 0.134 e. The van der Waals surface area contributed by atoms with Gasteiger partial charge in [0.1, 0.15) is 5.84 Å². The first-order chi connectivity index (χ1) is 30.7. The summed E-state index contributed by atoms with van der Waals surface area (Å²) in [5.41, 5.74) is 21.9. The summed E-state index contributed by atoms with van der Waals surface area (Å²) in [4.78, 5) is 5.28. The minimum atomic E-state index is -0.0256. The molecule has 288 valence electrons. The summed E-state index contributed by atoms with van der Waals surface area (Å²) in [6, 6.07) is 77.8. The Labute approximate surface area is 360 Å². The Balaban J connectivity index is 1.00. The molecule has 0 aromatic heterocycles. The number of nitrogens with zero attached hydrogens (tertiary/aromatic N) is 1. The fourth-order valence-electron chi connectivity index (χ4n) is 10.4. The molecule has 2 nitrogen and oxygen atoms in total. The van der Waals surface area contributed by atoms with Gasteiger partial charge in [-0.2, -0.15) is 0 Å². The van der Waals surface area contributed by atoms with Gasteiger partial charge in [-0.25, -0.2) is 4.99 Å². The van der Waals surface area contributed by atoms with Crippen molar-refractivity contribution in [1.29, 1.82) is 0 Å². The van der Waals surface area contributed by atoms with E-state index in [2.05, 4.69) is 224 Å². The van der Waals surface area contributed by atoms with Crippen LogP contribution in [0.5, 0.6) is 0 Å². The zero-order valence-electron chi connectivity index (χ0n) is 33.8. The summed E-state index contributed by atoms with van der Waals surface area (Å²) >= 11 is 0. The topological polar surface area (TPSA) is 24.4 Å². The highest BCUT2D eigenvalue weighted by Gasteiger charge is 2.26. The van der Waals surface area contributed by atoms with Crippen LogP contribution in [0, 0.1) is 0 Å². The second kappa shape index (κ2) is 13.7. The monoisotopic (exact) mass is 786 g/mol. The SMILES string of the molecule is C1=C(c2ccccc2)N=C(c2cccc(-c3cc(-c4ccc5c6c(cccc46)-c4ccccc4-5)cc(-c4ccc5c6c(cccc46)-c4ccccc4-5)c3)c2)NC1c1ccccc1. The van der Waals surface area contributed by atoms with Gasteiger partial charge in [-0.3, -0.25) is 0 Å². The average Bonchev–Trinajstić information content (AvgIpc) is 3.86. The van der Waals surface area contributed by atoms with Crippen molar-refractivity contribution in [3.8, 4) is 77.9 Å². The summed E-state index contributed by atoms with van der Waals surface area (Å²) in [5.74, 6) is 0.859. The molecule has 1 unspecified atom stereocenters. The van der Waals surface area contributed by atoms with Crippen molar-refractivity contribution in [2.75, 3.05) is 0 Å². The van der Waals surface area contributed by atoms with Gasteiger partial charge in [-0.05, 0) is 141 Å². The van der Waals surface area contributed by atoms with Crippen LogP contribution in [0.4, 0.5) is 0 Å². The van der Waals surface area contributed by atoms with Gasteiger partial charge < -0.3 is 5.32 Å². The van der Waals surface area contributed by atoms with Gasteiger partial charge in [0.15, 0.2) is 0 Å². The van der Waals surface area contributed by atoms with Crippen molar-refractivity contribution in [2.24, 2.45) is 4.99 Å². The second-order valence-electron chi connectivity index (χ2n) is 16.7. The summed E-state index contributed by atoms with van der Waals surface area (Å²) in [6.07, 6.45) is 2.24. The zero-order valence-corrected chi connectivity index (χ0v) is 33.8. The molecule has 2 aliphatic carbocycles. The third kappa shape index (κ3) is 5.40. The standard InChI is InChI=1S/C60H38N2/c1-3-14-37(15-4-1)56-36-57(38-16-5-2-6-17-38)62-60(61-56)40-19-11-18-39(32-40)41-33-42(44-28-30-54-48-22-9-7-20-46(48)52-26-12-24-50(44)58(52)54)35-43(34-41)45-29-31-55-49-23-10-8-21-47(49)53-27-13-25-51(45)59(53)55/h1-36,56H,(H,61,62). The number of aliphatic imine (C=N–C) groups is 1. The highest BCUT2D eigenvalue weighted by Crippen LogP contribution is 2.52. The second-order valence-corrected chi connectivity index (χ2v) is 16.7. The fraction of sp³-hybridized carbons (Fsp3) is 0.0167. The molecule has 0 saturated heterocycles. The van der Waals surface area contributed by atoms with E-state index < -0.39 is 0 Å². The molecule has 0 spiro atoms. The molecule has 0 amide bonds.